The smallest absolute Gasteiger partial charge is 0.306 e. The van der Waals surface area contributed by atoms with Crippen molar-refractivity contribution in [3.63, 3.8) is 0 Å². The zero-order valence-electron chi connectivity index (χ0n) is 44.4. The van der Waals surface area contributed by atoms with Gasteiger partial charge in [0.25, 0.3) is 0 Å². The fourth-order valence-electron chi connectivity index (χ4n) is 8.42. The van der Waals surface area contributed by atoms with Gasteiger partial charge in [-0.05, 0) is 70.6 Å². The van der Waals surface area contributed by atoms with Crippen LogP contribution in [0.25, 0.3) is 0 Å². The largest absolute Gasteiger partial charge is 0.454 e. The first kappa shape index (κ1) is 65.1. The summed E-state index contributed by atoms with van der Waals surface area (Å²) >= 11 is 0. The standard InChI is InChI=1S/C59H103NO10/c1-4-7-10-13-16-19-22-25-26-27-29-31-34-37-40-43-46-52(63)58(67)60-50(51(62)45-42-39-36-33-30-24-21-18-15-12-9-6-3)49-68-59-57(56(66)55(65)53(48-61)69-59)70-54(64)47-44-41-38-35-32-28-23-20-17-14-11-8-5-2/h8,11,14,17,20,23,25-26,28,32,42,45,50-53,55-57,59,61-63,65-66H,4-7,9-10,12-13,15-16,18-19,21-22,24,27,29-31,33-41,43-44,46-49H2,1-3H3,(H,60,67)/b11-8+,17-14+,23-20-,26-25+,32-28-,45-42+. The van der Waals surface area contributed by atoms with Crippen LogP contribution in [-0.2, 0) is 23.8 Å². The number of nitrogens with one attached hydrogen (secondary N) is 1. The SMILES string of the molecule is CC/C=C/C=C/C=C\C=C/CCCCCC(=O)OC1C(OCC(NC(=O)C(O)CCCCCCCC/C=C/CCCCCCCC)C(O)/C=C/CCCCCCCCCCCC)OC(CO)C(O)C1O. The maximum Gasteiger partial charge on any atom is 0.306 e. The van der Waals surface area contributed by atoms with Gasteiger partial charge < -0.3 is 45.1 Å². The summed E-state index contributed by atoms with van der Waals surface area (Å²) in [6.45, 7) is 5.59. The average molecular weight is 986 g/mol. The molecular formula is C59H103NO10. The predicted octanol–water partition coefficient (Wildman–Crippen LogP) is 12.4. The molecule has 11 heteroatoms. The van der Waals surface area contributed by atoms with Crippen molar-refractivity contribution >= 4 is 11.9 Å². The van der Waals surface area contributed by atoms with Crippen molar-refractivity contribution in [3.8, 4) is 0 Å². The summed E-state index contributed by atoms with van der Waals surface area (Å²) in [7, 11) is 0. The molecule has 0 bridgehead atoms. The first-order chi connectivity index (χ1) is 34.2. The van der Waals surface area contributed by atoms with Crippen LogP contribution in [0, 0.1) is 0 Å². The van der Waals surface area contributed by atoms with E-state index in [2.05, 4.69) is 50.4 Å². The molecule has 8 unspecified atom stereocenters. The zero-order chi connectivity index (χ0) is 51.1. The molecule has 0 aliphatic carbocycles. The molecule has 0 aromatic rings. The lowest BCUT2D eigenvalue weighted by atomic mass is 9.99. The van der Waals surface area contributed by atoms with Gasteiger partial charge in [-0.3, -0.25) is 9.59 Å². The summed E-state index contributed by atoms with van der Waals surface area (Å²) in [5.74, 6) is -1.24. The Morgan fingerprint density at radius 3 is 1.59 bits per heavy atom. The number of aliphatic hydroxyl groups excluding tert-OH is 5. The zero-order valence-corrected chi connectivity index (χ0v) is 44.4. The second-order valence-corrected chi connectivity index (χ2v) is 19.4. The minimum Gasteiger partial charge on any atom is -0.454 e. The number of aliphatic hydroxyl groups is 5. The molecule has 1 amide bonds. The molecule has 8 atom stereocenters. The van der Waals surface area contributed by atoms with Crippen LogP contribution in [0.2, 0.25) is 0 Å². The molecule has 11 nitrogen and oxygen atoms in total. The Labute approximate surface area is 426 Å². The lowest BCUT2D eigenvalue weighted by molar-refractivity contribution is -0.305. The molecule has 1 aliphatic heterocycles. The fourth-order valence-corrected chi connectivity index (χ4v) is 8.42. The highest BCUT2D eigenvalue weighted by molar-refractivity contribution is 5.80. The van der Waals surface area contributed by atoms with Crippen LogP contribution in [-0.4, -0.2) is 99.6 Å². The van der Waals surface area contributed by atoms with Crippen LogP contribution in [0.4, 0.5) is 0 Å². The molecule has 0 aromatic heterocycles. The van der Waals surface area contributed by atoms with Gasteiger partial charge in [0.05, 0.1) is 25.4 Å². The van der Waals surface area contributed by atoms with Crippen LogP contribution in [0.15, 0.2) is 72.9 Å². The monoisotopic (exact) mass is 986 g/mol. The van der Waals surface area contributed by atoms with Crippen LogP contribution < -0.4 is 5.32 Å². The molecule has 1 fully saturated rings. The highest BCUT2D eigenvalue weighted by Gasteiger charge is 2.47. The second kappa shape index (κ2) is 47.1. The number of esters is 1. The highest BCUT2D eigenvalue weighted by Crippen LogP contribution is 2.26. The van der Waals surface area contributed by atoms with E-state index in [1.165, 1.54) is 103 Å². The maximum atomic E-state index is 13.4. The number of hydrogen-bond donors (Lipinski definition) is 6. The number of hydrogen-bond acceptors (Lipinski definition) is 10. The van der Waals surface area contributed by atoms with Crippen molar-refractivity contribution in [2.75, 3.05) is 13.2 Å². The number of carbonyl (C=O) groups is 2. The molecular weight excluding hydrogens is 883 g/mol. The van der Waals surface area contributed by atoms with Gasteiger partial charge in [-0.2, -0.15) is 0 Å². The molecule has 1 saturated heterocycles. The van der Waals surface area contributed by atoms with Crippen LogP contribution in [0.5, 0.6) is 0 Å². The van der Waals surface area contributed by atoms with E-state index in [1.54, 1.807) is 6.08 Å². The summed E-state index contributed by atoms with van der Waals surface area (Å²) in [5.41, 5.74) is 0. The van der Waals surface area contributed by atoms with Crippen molar-refractivity contribution in [1.82, 2.24) is 5.32 Å². The van der Waals surface area contributed by atoms with E-state index in [1.807, 2.05) is 42.5 Å². The van der Waals surface area contributed by atoms with Gasteiger partial charge in [-0.25, -0.2) is 0 Å². The molecule has 0 aromatic carbocycles. The lowest BCUT2D eigenvalue weighted by Gasteiger charge is -2.41. The topological polar surface area (TPSA) is 175 Å². The van der Waals surface area contributed by atoms with E-state index in [-0.39, 0.29) is 19.4 Å². The number of amides is 1. The first-order valence-corrected chi connectivity index (χ1v) is 28.3. The predicted molar refractivity (Wildman–Crippen MR) is 287 cm³/mol. The average Bonchev–Trinajstić information content (AvgIpc) is 3.36. The summed E-state index contributed by atoms with van der Waals surface area (Å²) in [6, 6.07) is -1.04. The Bertz CT molecular complexity index is 1410. The molecule has 0 spiro atoms. The maximum absolute atomic E-state index is 13.4. The van der Waals surface area contributed by atoms with E-state index in [0.29, 0.717) is 12.8 Å². The van der Waals surface area contributed by atoms with Crippen molar-refractivity contribution in [1.29, 1.82) is 0 Å². The molecule has 1 aliphatic rings. The Morgan fingerprint density at radius 1 is 0.571 bits per heavy atom. The summed E-state index contributed by atoms with van der Waals surface area (Å²) in [5, 5.41) is 56.7. The van der Waals surface area contributed by atoms with Gasteiger partial charge in [-0.15, -0.1) is 0 Å². The molecule has 1 heterocycles. The number of ether oxygens (including phenoxy) is 3. The first-order valence-electron chi connectivity index (χ1n) is 28.3. The Kier molecular flexibility index (Phi) is 43.8. The number of rotatable bonds is 46. The van der Waals surface area contributed by atoms with Gasteiger partial charge in [0.15, 0.2) is 12.4 Å². The van der Waals surface area contributed by atoms with E-state index in [0.717, 1.165) is 77.0 Å². The van der Waals surface area contributed by atoms with E-state index >= 15 is 0 Å². The van der Waals surface area contributed by atoms with Crippen LogP contribution in [0.3, 0.4) is 0 Å². The molecule has 6 N–H and O–H groups in total. The van der Waals surface area contributed by atoms with Crippen molar-refractivity contribution < 1.29 is 49.3 Å². The Morgan fingerprint density at radius 2 is 1.04 bits per heavy atom. The minimum absolute atomic E-state index is 0.0747. The van der Waals surface area contributed by atoms with E-state index in [4.69, 9.17) is 14.2 Å². The lowest BCUT2D eigenvalue weighted by Crippen LogP contribution is -2.61. The normalized spacial score (nSPS) is 20.3. The third-order valence-corrected chi connectivity index (χ3v) is 12.9. The van der Waals surface area contributed by atoms with Crippen LogP contribution in [0.1, 0.15) is 226 Å². The molecule has 0 saturated carbocycles. The number of unbranched alkanes of at least 4 members (excludes halogenated alkanes) is 25. The van der Waals surface area contributed by atoms with Crippen molar-refractivity contribution in [2.24, 2.45) is 0 Å². The van der Waals surface area contributed by atoms with Gasteiger partial charge >= 0.3 is 5.97 Å². The third kappa shape index (κ3) is 35.3. The van der Waals surface area contributed by atoms with Gasteiger partial charge in [0.2, 0.25) is 5.91 Å². The Hall–Kier alpha value is -2.90. The quantitative estimate of drug-likeness (QED) is 0.0149. The summed E-state index contributed by atoms with van der Waals surface area (Å²) < 4.78 is 17.5. The Balaban J connectivity index is 2.77. The molecule has 0 radical (unpaired) electrons. The summed E-state index contributed by atoms with van der Waals surface area (Å²) in [4.78, 5) is 26.4. The van der Waals surface area contributed by atoms with E-state index < -0.39 is 67.4 Å². The van der Waals surface area contributed by atoms with Crippen molar-refractivity contribution in [3.05, 3.63) is 72.9 Å². The summed E-state index contributed by atoms with van der Waals surface area (Å²) in [6.07, 6.45) is 48.1. The van der Waals surface area contributed by atoms with Crippen LogP contribution >= 0.6 is 0 Å². The number of allylic oxidation sites excluding steroid dienone is 11. The van der Waals surface area contributed by atoms with Gasteiger partial charge in [0, 0.05) is 6.42 Å². The van der Waals surface area contributed by atoms with Gasteiger partial charge in [0.1, 0.15) is 24.4 Å². The molecule has 70 heavy (non-hydrogen) atoms. The molecule has 1 rings (SSSR count). The van der Waals surface area contributed by atoms with Gasteiger partial charge in [-0.1, -0.05) is 222 Å². The second-order valence-electron chi connectivity index (χ2n) is 19.4. The third-order valence-electron chi connectivity index (χ3n) is 12.9. The minimum atomic E-state index is -1.63. The number of carbonyl (C=O) groups excluding carboxylic acids is 2. The fraction of sp³-hybridized carbons (Fsp3) is 0.763. The van der Waals surface area contributed by atoms with E-state index in [9.17, 15) is 35.1 Å². The molecule has 404 valence electrons. The highest BCUT2D eigenvalue weighted by atomic mass is 16.7. The van der Waals surface area contributed by atoms with Crippen molar-refractivity contribution in [2.45, 2.75) is 275 Å².